The largest absolute Gasteiger partial charge is 0.276 e. The lowest BCUT2D eigenvalue weighted by atomic mass is 10.3. The molecule has 0 unspecified atom stereocenters. The molecule has 0 aliphatic rings. The molecule has 0 fully saturated rings. The number of rotatable bonds is 3. The molecule has 0 radical (unpaired) electrons. The molecule has 1 aromatic rings. The summed E-state index contributed by atoms with van der Waals surface area (Å²) in [6, 6.07) is 2.44. The lowest BCUT2D eigenvalue weighted by Crippen LogP contribution is -2.23. The van der Waals surface area contributed by atoms with Crippen molar-refractivity contribution in [3.05, 3.63) is 29.8 Å². The van der Waals surface area contributed by atoms with Gasteiger partial charge in [0.1, 0.15) is 0 Å². The van der Waals surface area contributed by atoms with Crippen LogP contribution in [0.4, 0.5) is 4.39 Å². The van der Waals surface area contributed by atoms with Gasteiger partial charge in [-0.25, -0.2) is 10.5 Å². The zero-order valence-corrected chi connectivity index (χ0v) is 7.08. The van der Waals surface area contributed by atoms with Gasteiger partial charge < -0.3 is 0 Å². The fraction of sp³-hybridized carbons (Fsp3) is 0.250. The summed E-state index contributed by atoms with van der Waals surface area (Å²) in [4.78, 5) is 19.1. The van der Waals surface area contributed by atoms with E-state index in [-0.39, 0.29) is 5.56 Å². The molecule has 1 amide bonds. The van der Waals surface area contributed by atoms with E-state index < -0.39 is 11.9 Å². The minimum Gasteiger partial charge on any atom is -0.274 e. The van der Waals surface area contributed by atoms with Crippen LogP contribution < -0.4 is 5.48 Å². The molecular formula is C8H9FN2O2. The van der Waals surface area contributed by atoms with Gasteiger partial charge in [-0.05, 0) is 19.1 Å². The normalized spacial score (nSPS) is 9.69. The number of amides is 1. The van der Waals surface area contributed by atoms with Gasteiger partial charge in [0, 0.05) is 6.20 Å². The summed E-state index contributed by atoms with van der Waals surface area (Å²) in [5, 5.41) is 0. The van der Waals surface area contributed by atoms with Crippen LogP contribution in [0.2, 0.25) is 0 Å². The Kier molecular flexibility index (Phi) is 3.33. The number of pyridine rings is 1. The maximum Gasteiger partial charge on any atom is 0.276 e. The van der Waals surface area contributed by atoms with Gasteiger partial charge in [-0.1, -0.05) is 0 Å². The van der Waals surface area contributed by atoms with Gasteiger partial charge in [-0.15, -0.1) is 0 Å². The van der Waals surface area contributed by atoms with Gasteiger partial charge in [-0.2, -0.15) is 4.39 Å². The van der Waals surface area contributed by atoms with Gasteiger partial charge in [0.25, 0.3) is 5.91 Å². The van der Waals surface area contributed by atoms with Gasteiger partial charge in [-0.3, -0.25) is 9.63 Å². The molecule has 1 N–H and O–H groups in total. The average Bonchev–Trinajstić information content (AvgIpc) is 2.15. The average molecular weight is 184 g/mol. The van der Waals surface area contributed by atoms with Crippen LogP contribution in [-0.4, -0.2) is 17.5 Å². The number of hydrogen-bond acceptors (Lipinski definition) is 3. The first-order valence-electron chi connectivity index (χ1n) is 3.77. The Balaban J connectivity index is 2.61. The Hall–Kier alpha value is -1.49. The standard InChI is InChI=1S/C8H9FN2O2/c1-2-13-11-8(12)6-3-4-7(9)10-5-6/h3-5H,2H2,1H3,(H,11,12). The molecule has 1 aromatic heterocycles. The SMILES string of the molecule is CCONC(=O)c1ccc(F)nc1. The highest BCUT2D eigenvalue weighted by atomic mass is 19.1. The van der Waals surface area contributed by atoms with E-state index in [1.165, 1.54) is 6.07 Å². The first-order valence-corrected chi connectivity index (χ1v) is 3.77. The van der Waals surface area contributed by atoms with Gasteiger partial charge in [0.2, 0.25) is 5.95 Å². The smallest absolute Gasteiger partial charge is 0.274 e. The summed E-state index contributed by atoms with van der Waals surface area (Å²) < 4.78 is 12.3. The highest BCUT2D eigenvalue weighted by molar-refractivity contribution is 5.92. The second-order valence-electron chi connectivity index (χ2n) is 2.23. The van der Waals surface area contributed by atoms with Gasteiger partial charge in [0.05, 0.1) is 12.2 Å². The van der Waals surface area contributed by atoms with Crippen molar-refractivity contribution in [1.82, 2.24) is 10.5 Å². The lowest BCUT2D eigenvalue weighted by Gasteiger charge is -2.02. The predicted octanol–water partition coefficient (Wildman–Crippen LogP) is 0.902. The van der Waals surface area contributed by atoms with Crippen LogP contribution in [-0.2, 0) is 4.84 Å². The second kappa shape index (κ2) is 4.51. The summed E-state index contributed by atoms with van der Waals surface area (Å²) in [7, 11) is 0. The lowest BCUT2D eigenvalue weighted by molar-refractivity contribution is 0.0364. The van der Waals surface area contributed by atoms with E-state index in [4.69, 9.17) is 0 Å². The molecule has 0 saturated carbocycles. The van der Waals surface area contributed by atoms with Crippen LogP contribution in [0, 0.1) is 5.95 Å². The maximum atomic E-state index is 12.3. The van der Waals surface area contributed by atoms with E-state index in [9.17, 15) is 9.18 Å². The summed E-state index contributed by atoms with van der Waals surface area (Å²) in [6.07, 6.45) is 1.14. The minimum absolute atomic E-state index is 0.259. The van der Waals surface area contributed by atoms with Crippen molar-refractivity contribution < 1.29 is 14.0 Å². The third kappa shape index (κ3) is 2.79. The third-order valence-electron chi connectivity index (χ3n) is 1.30. The molecule has 13 heavy (non-hydrogen) atoms. The van der Waals surface area contributed by atoms with Crippen LogP contribution in [0.3, 0.4) is 0 Å². The third-order valence-corrected chi connectivity index (χ3v) is 1.30. The van der Waals surface area contributed by atoms with Crippen molar-refractivity contribution >= 4 is 5.91 Å². The highest BCUT2D eigenvalue weighted by Gasteiger charge is 2.04. The predicted molar refractivity (Wildman–Crippen MR) is 43.3 cm³/mol. The van der Waals surface area contributed by atoms with Crippen LogP contribution in [0.1, 0.15) is 17.3 Å². The fourth-order valence-electron chi connectivity index (χ4n) is 0.707. The van der Waals surface area contributed by atoms with Crippen molar-refractivity contribution in [2.24, 2.45) is 0 Å². The van der Waals surface area contributed by atoms with Gasteiger partial charge in [0.15, 0.2) is 0 Å². The fourth-order valence-corrected chi connectivity index (χ4v) is 0.707. The summed E-state index contributed by atoms with van der Waals surface area (Å²) >= 11 is 0. The van der Waals surface area contributed by atoms with E-state index >= 15 is 0 Å². The van der Waals surface area contributed by atoms with Crippen molar-refractivity contribution in [3.63, 3.8) is 0 Å². The van der Waals surface area contributed by atoms with E-state index in [1.54, 1.807) is 6.92 Å². The number of halogens is 1. The number of hydrogen-bond donors (Lipinski definition) is 1. The molecule has 0 saturated heterocycles. The number of aromatic nitrogens is 1. The van der Waals surface area contributed by atoms with Crippen LogP contribution in [0.15, 0.2) is 18.3 Å². The zero-order valence-electron chi connectivity index (χ0n) is 7.08. The van der Waals surface area contributed by atoms with E-state index in [2.05, 4.69) is 15.3 Å². The molecule has 1 heterocycles. The first-order chi connectivity index (χ1) is 6.24. The first kappa shape index (κ1) is 9.60. The quantitative estimate of drug-likeness (QED) is 0.561. The molecule has 0 aromatic carbocycles. The number of carbonyl (C=O) groups excluding carboxylic acids is 1. The second-order valence-corrected chi connectivity index (χ2v) is 2.23. The summed E-state index contributed by atoms with van der Waals surface area (Å²) in [5.74, 6) is -1.05. The number of hydroxylamine groups is 1. The van der Waals surface area contributed by atoms with Gasteiger partial charge >= 0.3 is 0 Å². The number of nitrogens with zero attached hydrogens (tertiary/aromatic N) is 1. The molecule has 1 rings (SSSR count). The van der Waals surface area contributed by atoms with Crippen molar-refractivity contribution in [3.8, 4) is 0 Å². The van der Waals surface area contributed by atoms with Crippen LogP contribution in [0.5, 0.6) is 0 Å². The molecule has 0 aliphatic heterocycles. The molecule has 4 nitrogen and oxygen atoms in total. The summed E-state index contributed by atoms with van der Waals surface area (Å²) in [5.41, 5.74) is 2.43. The Labute approximate surface area is 74.7 Å². The molecule has 0 bridgehead atoms. The van der Waals surface area contributed by atoms with Crippen molar-refractivity contribution in [2.75, 3.05) is 6.61 Å². The Morgan fingerprint density at radius 3 is 3.00 bits per heavy atom. The minimum atomic E-state index is -0.618. The molecule has 0 spiro atoms. The van der Waals surface area contributed by atoms with Crippen LogP contribution >= 0.6 is 0 Å². The Morgan fingerprint density at radius 1 is 1.69 bits per heavy atom. The molecular weight excluding hydrogens is 175 g/mol. The van der Waals surface area contributed by atoms with E-state index in [0.29, 0.717) is 6.61 Å². The van der Waals surface area contributed by atoms with Crippen molar-refractivity contribution in [2.45, 2.75) is 6.92 Å². The van der Waals surface area contributed by atoms with Crippen LogP contribution in [0.25, 0.3) is 0 Å². The van der Waals surface area contributed by atoms with E-state index in [1.807, 2.05) is 0 Å². The number of carbonyl (C=O) groups is 1. The van der Waals surface area contributed by atoms with E-state index in [0.717, 1.165) is 12.3 Å². The number of nitrogens with one attached hydrogen (secondary N) is 1. The molecule has 0 atom stereocenters. The Bertz CT molecular complexity index is 287. The molecule has 0 aliphatic carbocycles. The zero-order chi connectivity index (χ0) is 9.68. The summed E-state index contributed by atoms with van der Waals surface area (Å²) in [6.45, 7) is 2.11. The Morgan fingerprint density at radius 2 is 2.46 bits per heavy atom. The monoisotopic (exact) mass is 184 g/mol. The molecule has 70 valence electrons. The molecule has 5 heteroatoms. The van der Waals surface area contributed by atoms with Crippen molar-refractivity contribution in [1.29, 1.82) is 0 Å². The maximum absolute atomic E-state index is 12.3. The topological polar surface area (TPSA) is 51.2 Å². The highest BCUT2D eigenvalue weighted by Crippen LogP contribution is 1.98.